The number of rotatable bonds is 5. The summed E-state index contributed by atoms with van der Waals surface area (Å²) < 4.78 is 0. The van der Waals surface area contributed by atoms with Gasteiger partial charge in [0.25, 0.3) is 0 Å². The molecule has 0 aliphatic heterocycles. The predicted molar refractivity (Wildman–Crippen MR) is 75.9 cm³/mol. The van der Waals surface area contributed by atoms with Crippen LogP contribution in [0.25, 0.3) is 0 Å². The second kappa shape index (κ2) is 9.91. The Bertz CT molecular complexity index is 260. The average Bonchev–Trinajstić information content (AvgIpc) is 2.15. The van der Waals surface area contributed by atoms with E-state index in [0.29, 0.717) is 0 Å². The van der Waals surface area contributed by atoms with Crippen LogP contribution < -0.4 is 5.32 Å². The van der Waals surface area contributed by atoms with Gasteiger partial charge in [-0.25, -0.2) is 0 Å². The molecule has 4 heteroatoms. The van der Waals surface area contributed by atoms with E-state index < -0.39 is 0 Å². The van der Waals surface area contributed by atoms with Crippen LogP contribution in [0.15, 0.2) is 24.3 Å². The van der Waals surface area contributed by atoms with Crippen molar-refractivity contribution in [1.82, 2.24) is 10.2 Å². The molecule has 2 nitrogen and oxygen atoms in total. The molecular weight excluding hydrogens is 243 g/mol. The number of nitrogens with zero attached hydrogens (tertiary/aromatic N) is 1. The summed E-state index contributed by atoms with van der Waals surface area (Å²) in [5.41, 5.74) is 2.68. The maximum Gasteiger partial charge on any atom is 0.0206 e. The lowest BCUT2D eigenvalue weighted by Gasteiger charge is -2.10. The Morgan fingerprint density at radius 3 is 2.12 bits per heavy atom. The van der Waals surface area contributed by atoms with Crippen molar-refractivity contribution < 1.29 is 0 Å². The summed E-state index contributed by atoms with van der Waals surface area (Å²) in [5.74, 6) is 0. The maximum atomic E-state index is 3.41. The fraction of sp³-hybridized carbons (Fsp3) is 0.500. The fourth-order valence-electron chi connectivity index (χ4n) is 1.24. The molecule has 16 heavy (non-hydrogen) atoms. The second-order valence-corrected chi connectivity index (χ2v) is 3.97. The van der Waals surface area contributed by atoms with E-state index in [4.69, 9.17) is 0 Å². The van der Waals surface area contributed by atoms with Gasteiger partial charge >= 0.3 is 0 Å². The topological polar surface area (TPSA) is 15.3 Å². The van der Waals surface area contributed by atoms with E-state index in [1.165, 1.54) is 11.1 Å². The van der Waals surface area contributed by atoms with Gasteiger partial charge in [0.15, 0.2) is 0 Å². The number of likely N-dealkylation sites (N-methyl/N-ethyl adjacent to an activating group) is 1. The summed E-state index contributed by atoms with van der Waals surface area (Å²) >= 11 is 0. The first-order valence-corrected chi connectivity index (χ1v) is 5.09. The number of aryl methyl sites for hydroxylation is 1. The number of halogens is 2. The molecule has 0 radical (unpaired) electrons. The van der Waals surface area contributed by atoms with E-state index in [-0.39, 0.29) is 24.8 Å². The molecule has 94 valence electrons. The smallest absolute Gasteiger partial charge is 0.0206 e. The summed E-state index contributed by atoms with van der Waals surface area (Å²) in [6, 6.07) is 8.67. The van der Waals surface area contributed by atoms with Crippen molar-refractivity contribution in [3.63, 3.8) is 0 Å². The van der Waals surface area contributed by atoms with Gasteiger partial charge < -0.3 is 10.2 Å². The Labute approximate surface area is 111 Å². The van der Waals surface area contributed by atoms with Crippen LogP contribution in [0.1, 0.15) is 11.1 Å². The Kier molecular flexibility index (Phi) is 11.2. The zero-order valence-electron chi connectivity index (χ0n) is 10.2. The van der Waals surface area contributed by atoms with E-state index in [0.717, 1.165) is 19.6 Å². The van der Waals surface area contributed by atoms with Crippen LogP contribution in [0.5, 0.6) is 0 Å². The highest BCUT2D eigenvalue weighted by molar-refractivity contribution is 5.85. The van der Waals surface area contributed by atoms with Crippen molar-refractivity contribution in [3.8, 4) is 0 Å². The summed E-state index contributed by atoms with van der Waals surface area (Å²) in [6.07, 6.45) is 0. The average molecular weight is 265 g/mol. The summed E-state index contributed by atoms with van der Waals surface area (Å²) in [5, 5.41) is 3.41. The third kappa shape index (κ3) is 7.94. The molecule has 1 rings (SSSR count). The lowest BCUT2D eigenvalue weighted by Crippen LogP contribution is -2.26. The minimum atomic E-state index is 0. The molecule has 0 aliphatic carbocycles. The van der Waals surface area contributed by atoms with Crippen molar-refractivity contribution >= 4 is 24.8 Å². The number of nitrogens with one attached hydrogen (secondary N) is 1. The van der Waals surface area contributed by atoms with E-state index in [1.807, 2.05) is 0 Å². The Morgan fingerprint density at radius 2 is 1.62 bits per heavy atom. The highest BCUT2D eigenvalue weighted by Crippen LogP contribution is 2.01. The minimum absolute atomic E-state index is 0. The first-order valence-electron chi connectivity index (χ1n) is 5.09. The van der Waals surface area contributed by atoms with Gasteiger partial charge in [0, 0.05) is 19.6 Å². The van der Waals surface area contributed by atoms with E-state index in [2.05, 4.69) is 55.5 Å². The monoisotopic (exact) mass is 264 g/mol. The van der Waals surface area contributed by atoms with Gasteiger partial charge in [0.1, 0.15) is 0 Å². The van der Waals surface area contributed by atoms with Crippen LogP contribution >= 0.6 is 24.8 Å². The highest BCUT2D eigenvalue weighted by Gasteiger charge is 1.92. The van der Waals surface area contributed by atoms with Crippen molar-refractivity contribution in [3.05, 3.63) is 35.4 Å². The zero-order valence-corrected chi connectivity index (χ0v) is 11.8. The molecular formula is C12H22Cl2N2. The Morgan fingerprint density at radius 1 is 1.06 bits per heavy atom. The molecule has 0 unspecified atom stereocenters. The molecule has 1 N–H and O–H groups in total. The summed E-state index contributed by atoms with van der Waals surface area (Å²) in [4.78, 5) is 2.18. The van der Waals surface area contributed by atoms with E-state index in [1.54, 1.807) is 0 Å². The molecule has 0 fully saturated rings. The quantitative estimate of drug-likeness (QED) is 0.823. The Hall–Kier alpha value is -0.280. The molecule has 0 saturated heterocycles. The van der Waals surface area contributed by atoms with E-state index >= 15 is 0 Å². The predicted octanol–water partition coefficient (Wildman–Crippen LogP) is 2.49. The zero-order chi connectivity index (χ0) is 10.4. The van der Waals surface area contributed by atoms with Gasteiger partial charge in [-0.1, -0.05) is 29.8 Å². The molecule has 0 heterocycles. The highest BCUT2D eigenvalue weighted by atomic mass is 35.5. The molecule has 0 aromatic heterocycles. The third-order valence-electron chi connectivity index (χ3n) is 2.19. The van der Waals surface area contributed by atoms with Crippen molar-refractivity contribution in [2.75, 3.05) is 27.2 Å². The maximum absolute atomic E-state index is 3.41. The fourth-order valence-corrected chi connectivity index (χ4v) is 1.24. The van der Waals surface area contributed by atoms with Gasteiger partial charge in [-0.2, -0.15) is 0 Å². The van der Waals surface area contributed by atoms with Crippen LogP contribution in [0, 0.1) is 6.92 Å². The lowest BCUT2D eigenvalue weighted by atomic mass is 10.1. The first-order chi connectivity index (χ1) is 6.68. The summed E-state index contributed by atoms with van der Waals surface area (Å²) in [7, 11) is 4.18. The molecule has 1 aromatic rings. The van der Waals surface area contributed by atoms with Crippen molar-refractivity contribution in [1.29, 1.82) is 0 Å². The van der Waals surface area contributed by atoms with Gasteiger partial charge in [0.05, 0.1) is 0 Å². The Balaban J connectivity index is 0. The molecule has 0 spiro atoms. The molecule has 1 aromatic carbocycles. The van der Waals surface area contributed by atoms with Gasteiger partial charge in [-0.15, -0.1) is 24.8 Å². The van der Waals surface area contributed by atoms with Gasteiger partial charge in [-0.3, -0.25) is 0 Å². The first kappa shape index (κ1) is 18.1. The molecule has 0 atom stereocenters. The number of hydrogen-bond acceptors (Lipinski definition) is 2. The standard InChI is InChI=1S/C12H20N2.2ClH/c1-11-4-6-12(7-5-11)10-13-8-9-14(2)3;;/h4-7,13H,8-10H2,1-3H3;2*1H. The number of hydrogen-bond donors (Lipinski definition) is 1. The van der Waals surface area contributed by atoms with Crippen LogP contribution in [0.3, 0.4) is 0 Å². The van der Waals surface area contributed by atoms with Crippen LogP contribution in [-0.4, -0.2) is 32.1 Å². The third-order valence-corrected chi connectivity index (χ3v) is 2.19. The lowest BCUT2D eigenvalue weighted by molar-refractivity contribution is 0.400. The molecule has 0 amide bonds. The molecule has 0 saturated carbocycles. The largest absolute Gasteiger partial charge is 0.311 e. The molecule has 0 bridgehead atoms. The number of benzene rings is 1. The van der Waals surface area contributed by atoms with Crippen LogP contribution in [-0.2, 0) is 6.54 Å². The SMILES string of the molecule is Cc1ccc(CNCCN(C)C)cc1.Cl.Cl. The molecule has 0 aliphatic rings. The van der Waals surface area contributed by atoms with Gasteiger partial charge in [-0.05, 0) is 26.6 Å². The van der Waals surface area contributed by atoms with Crippen molar-refractivity contribution in [2.45, 2.75) is 13.5 Å². The van der Waals surface area contributed by atoms with Crippen LogP contribution in [0.2, 0.25) is 0 Å². The van der Waals surface area contributed by atoms with Crippen molar-refractivity contribution in [2.24, 2.45) is 0 Å². The summed E-state index contributed by atoms with van der Waals surface area (Å²) in [6.45, 7) is 5.21. The second-order valence-electron chi connectivity index (χ2n) is 3.97. The van der Waals surface area contributed by atoms with Gasteiger partial charge in [0.2, 0.25) is 0 Å². The van der Waals surface area contributed by atoms with E-state index in [9.17, 15) is 0 Å². The minimum Gasteiger partial charge on any atom is -0.311 e. The van der Waals surface area contributed by atoms with Crippen LogP contribution in [0.4, 0.5) is 0 Å². The normalized spacial score (nSPS) is 9.50.